The molecule has 5 nitrogen and oxygen atoms in total. The van der Waals surface area contributed by atoms with Gasteiger partial charge in [-0.3, -0.25) is 4.79 Å². The summed E-state index contributed by atoms with van der Waals surface area (Å²) >= 11 is 0. The van der Waals surface area contributed by atoms with E-state index in [1.54, 1.807) is 4.90 Å². The van der Waals surface area contributed by atoms with Crippen LogP contribution >= 0.6 is 0 Å². The normalized spacial score (nSPS) is 10.4. The van der Waals surface area contributed by atoms with Crippen molar-refractivity contribution >= 4 is 12.0 Å². The fourth-order valence-electron chi connectivity index (χ4n) is 1.97. The molecular weight excluding hydrogens is 268 g/mol. The molecule has 1 aromatic rings. The van der Waals surface area contributed by atoms with Crippen molar-refractivity contribution < 1.29 is 14.7 Å². The Morgan fingerprint density at radius 3 is 2.43 bits per heavy atom. The van der Waals surface area contributed by atoms with Crippen LogP contribution in [0.5, 0.6) is 0 Å². The van der Waals surface area contributed by atoms with Crippen LogP contribution in [-0.4, -0.2) is 34.6 Å². The van der Waals surface area contributed by atoms with E-state index < -0.39 is 5.97 Å². The number of unbranched alkanes of at least 4 members (excludes halogenated alkanes) is 1. The topological polar surface area (TPSA) is 69.6 Å². The number of hydrogen-bond acceptors (Lipinski definition) is 2. The summed E-state index contributed by atoms with van der Waals surface area (Å²) in [5.74, 6) is -0.797. The van der Waals surface area contributed by atoms with Crippen LogP contribution in [0.1, 0.15) is 38.7 Å². The lowest BCUT2D eigenvalue weighted by molar-refractivity contribution is -0.137. The Hall–Kier alpha value is -2.04. The van der Waals surface area contributed by atoms with Gasteiger partial charge in [0.05, 0.1) is 0 Å². The van der Waals surface area contributed by atoms with E-state index in [2.05, 4.69) is 5.32 Å². The van der Waals surface area contributed by atoms with Crippen LogP contribution < -0.4 is 5.32 Å². The summed E-state index contributed by atoms with van der Waals surface area (Å²) in [7, 11) is 0. The van der Waals surface area contributed by atoms with Gasteiger partial charge in [0.15, 0.2) is 0 Å². The van der Waals surface area contributed by atoms with Gasteiger partial charge >= 0.3 is 12.0 Å². The zero-order chi connectivity index (χ0) is 15.7. The number of aliphatic carboxylic acids is 1. The van der Waals surface area contributed by atoms with Gasteiger partial charge in [-0.05, 0) is 32.3 Å². The first-order chi connectivity index (χ1) is 10.0. The van der Waals surface area contributed by atoms with Crippen LogP contribution in [0.3, 0.4) is 0 Å². The SMILES string of the molecule is CC(C)N(Cc1ccccc1)C(=O)NCCCCC(=O)O. The number of benzene rings is 1. The van der Waals surface area contributed by atoms with E-state index in [-0.39, 0.29) is 18.5 Å². The number of hydrogen-bond donors (Lipinski definition) is 2. The molecule has 0 spiro atoms. The van der Waals surface area contributed by atoms with Gasteiger partial charge in [0.1, 0.15) is 0 Å². The Morgan fingerprint density at radius 1 is 1.19 bits per heavy atom. The third-order valence-electron chi connectivity index (χ3n) is 3.17. The minimum absolute atomic E-state index is 0.101. The van der Waals surface area contributed by atoms with E-state index in [0.29, 0.717) is 25.9 Å². The standard InChI is InChI=1S/C16H24N2O3/c1-13(2)18(12-14-8-4-3-5-9-14)16(21)17-11-7-6-10-15(19)20/h3-5,8-9,13H,6-7,10-12H2,1-2H3,(H,17,21)(H,19,20). The van der Waals surface area contributed by atoms with Crippen molar-refractivity contribution in [3.8, 4) is 0 Å². The van der Waals surface area contributed by atoms with Gasteiger partial charge in [-0.2, -0.15) is 0 Å². The lowest BCUT2D eigenvalue weighted by Crippen LogP contribution is -2.43. The minimum Gasteiger partial charge on any atom is -0.481 e. The van der Waals surface area contributed by atoms with Crippen molar-refractivity contribution in [3.63, 3.8) is 0 Å². The highest BCUT2D eigenvalue weighted by atomic mass is 16.4. The average molecular weight is 292 g/mol. The lowest BCUT2D eigenvalue weighted by Gasteiger charge is -2.27. The van der Waals surface area contributed by atoms with Crippen molar-refractivity contribution in [2.45, 2.75) is 45.7 Å². The quantitative estimate of drug-likeness (QED) is 0.724. The molecule has 2 N–H and O–H groups in total. The van der Waals surface area contributed by atoms with Crippen LogP contribution in [0, 0.1) is 0 Å². The van der Waals surface area contributed by atoms with Crippen molar-refractivity contribution in [3.05, 3.63) is 35.9 Å². The number of amides is 2. The second-order valence-corrected chi connectivity index (χ2v) is 5.29. The Kier molecular flexibility index (Phi) is 7.29. The second-order valence-electron chi connectivity index (χ2n) is 5.29. The first-order valence-corrected chi connectivity index (χ1v) is 7.31. The van der Waals surface area contributed by atoms with Gasteiger partial charge in [0.2, 0.25) is 0 Å². The van der Waals surface area contributed by atoms with Gasteiger partial charge < -0.3 is 15.3 Å². The zero-order valence-electron chi connectivity index (χ0n) is 12.7. The predicted molar refractivity (Wildman–Crippen MR) is 82.0 cm³/mol. The molecule has 0 saturated heterocycles. The predicted octanol–water partition coefficient (Wildman–Crippen LogP) is 2.86. The third kappa shape index (κ3) is 6.79. The van der Waals surface area contributed by atoms with Crippen molar-refractivity contribution in [1.29, 1.82) is 0 Å². The molecular formula is C16H24N2O3. The summed E-state index contributed by atoms with van der Waals surface area (Å²) in [6.45, 7) is 5.03. The smallest absolute Gasteiger partial charge is 0.317 e. The number of carboxylic acids is 1. The number of carboxylic acid groups (broad SMARTS) is 1. The van der Waals surface area contributed by atoms with E-state index in [9.17, 15) is 9.59 Å². The molecule has 5 heteroatoms. The van der Waals surface area contributed by atoms with E-state index in [4.69, 9.17) is 5.11 Å². The average Bonchev–Trinajstić information content (AvgIpc) is 2.44. The molecule has 0 radical (unpaired) electrons. The number of nitrogens with zero attached hydrogens (tertiary/aromatic N) is 1. The summed E-state index contributed by atoms with van der Waals surface area (Å²) in [5, 5.41) is 11.4. The Morgan fingerprint density at radius 2 is 1.86 bits per heavy atom. The maximum atomic E-state index is 12.2. The number of carbonyl (C=O) groups excluding carboxylic acids is 1. The molecule has 21 heavy (non-hydrogen) atoms. The van der Waals surface area contributed by atoms with Crippen LogP contribution in [-0.2, 0) is 11.3 Å². The van der Waals surface area contributed by atoms with Crippen molar-refractivity contribution in [2.24, 2.45) is 0 Å². The van der Waals surface area contributed by atoms with Gasteiger partial charge in [0, 0.05) is 25.6 Å². The van der Waals surface area contributed by atoms with E-state index >= 15 is 0 Å². The third-order valence-corrected chi connectivity index (χ3v) is 3.17. The van der Waals surface area contributed by atoms with Gasteiger partial charge in [-0.1, -0.05) is 30.3 Å². The molecule has 0 heterocycles. The lowest BCUT2D eigenvalue weighted by atomic mass is 10.2. The molecule has 0 unspecified atom stereocenters. The Balaban J connectivity index is 2.41. The molecule has 0 aliphatic carbocycles. The first kappa shape index (κ1) is 17.0. The summed E-state index contributed by atoms with van der Waals surface area (Å²) < 4.78 is 0. The summed E-state index contributed by atoms with van der Waals surface area (Å²) in [6, 6.07) is 9.85. The molecule has 0 saturated carbocycles. The van der Waals surface area contributed by atoms with Gasteiger partial charge in [-0.25, -0.2) is 4.79 Å². The molecule has 0 aromatic heterocycles. The van der Waals surface area contributed by atoms with E-state index in [1.165, 1.54) is 0 Å². The second kappa shape index (κ2) is 9.00. The summed E-state index contributed by atoms with van der Waals surface area (Å²) in [5.41, 5.74) is 1.09. The molecule has 116 valence electrons. The molecule has 2 amide bonds. The number of carbonyl (C=O) groups is 2. The summed E-state index contributed by atoms with van der Waals surface area (Å²) in [6.07, 6.45) is 1.40. The minimum atomic E-state index is -0.797. The molecule has 0 aliphatic heterocycles. The maximum Gasteiger partial charge on any atom is 0.317 e. The highest BCUT2D eigenvalue weighted by molar-refractivity contribution is 5.74. The zero-order valence-corrected chi connectivity index (χ0v) is 12.7. The van der Waals surface area contributed by atoms with Crippen LogP contribution in [0.15, 0.2) is 30.3 Å². The van der Waals surface area contributed by atoms with Crippen LogP contribution in [0.2, 0.25) is 0 Å². The molecule has 1 aromatic carbocycles. The molecule has 0 bridgehead atoms. The molecule has 0 fully saturated rings. The number of rotatable bonds is 8. The maximum absolute atomic E-state index is 12.2. The molecule has 1 rings (SSSR count). The fourth-order valence-corrected chi connectivity index (χ4v) is 1.97. The van der Waals surface area contributed by atoms with Crippen molar-refractivity contribution in [1.82, 2.24) is 10.2 Å². The molecule has 0 atom stereocenters. The largest absolute Gasteiger partial charge is 0.481 e. The van der Waals surface area contributed by atoms with E-state index in [1.807, 2.05) is 44.2 Å². The Bertz CT molecular complexity index is 446. The highest BCUT2D eigenvalue weighted by Gasteiger charge is 2.16. The highest BCUT2D eigenvalue weighted by Crippen LogP contribution is 2.08. The first-order valence-electron chi connectivity index (χ1n) is 7.31. The van der Waals surface area contributed by atoms with Gasteiger partial charge in [0.25, 0.3) is 0 Å². The monoisotopic (exact) mass is 292 g/mol. The van der Waals surface area contributed by atoms with Gasteiger partial charge in [-0.15, -0.1) is 0 Å². The number of nitrogens with one attached hydrogen (secondary N) is 1. The van der Waals surface area contributed by atoms with Crippen LogP contribution in [0.4, 0.5) is 4.79 Å². The van der Waals surface area contributed by atoms with E-state index in [0.717, 1.165) is 5.56 Å². The molecule has 0 aliphatic rings. The van der Waals surface area contributed by atoms with Crippen LogP contribution in [0.25, 0.3) is 0 Å². The number of urea groups is 1. The Labute approximate surface area is 126 Å². The summed E-state index contributed by atoms with van der Waals surface area (Å²) in [4.78, 5) is 24.4. The fraction of sp³-hybridized carbons (Fsp3) is 0.500. The van der Waals surface area contributed by atoms with Crippen molar-refractivity contribution in [2.75, 3.05) is 6.54 Å².